The first-order valence-corrected chi connectivity index (χ1v) is 5.47. The molecule has 2 aromatic rings. The van der Waals surface area contributed by atoms with Crippen LogP contribution in [-0.2, 0) is 0 Å². The van der Waals surface area contributed by atoms with Gasteiger partial charge >= 0.3 is 0 Å². The van der Waals surface area contributed by atoms with Crippen LogP contribution in [0.25, 0.3) is 11.1 Å². The highest BCUT2D eigenvalue weighted by Crippen LogP contribution is 2.34. The van der Waals surface area contributed by atoms with Crippen LogP contribution in [0.1, 0.15) is 5.56 Å². The molecule has 2 rings (SSSR count). The molecule has 0 bridgehead atoms. The number of benzene rings is 2. The lowest BCUT2D eigenvalue weighted by atomic mass is 10.00. The third-order valence-corrected chi connectivity index (χ3v) is 2.84. The largest absolute Gasteiger partial charge is 0.271 e. The molecular weight excluding hydrogens is 238 g/mol. The number of rotatable bonds is 2. The topological polar surface area (TPSA) is 43.1 Å². The van der Waals surface area contributed by atoms with E-state index in [2.05, 4.69) is 0 Å². The van der Waals surface area contributed by atoms with Gasteiger partial charge in [-0.3, -0.25) is 10.1 Å². The Hall–Kier alpha value is -1.87. The lowest BCUT2D eigenvalue weighted by Gasteiger charge is -2.08. The molecule has 0 atom stereocenters. The van der Waals surface area contributed by atoms with E-state index in [0.717, 1.165) is 16.7 Å². The zero-order valence-corrected chi connectivity index (χ0v) is 9.94. The third-order valence-electron chi connectivity index (χ3n) is 2.55. The molecule has 17 heavy (non-hydrogen) atoms. The molecule has 0 fully saturated rings. The fraction of sp³-hybridized carbons (Fsp3) is 0.0769. The molecule has 0 aliphatic heterocycles. The number of hydrogen-bond acceptors (Lipinski definition) is 2. The Morgan fingerprint density at radius 2 is 1.82 bits per heavy atom. The molecule has 3 nitrogen and oxygen atoms in total. The van der Waals surface area contributed by atoms with E-state index >= 15 is 0 Å². The van der Waals surface area contributed by atoms with Crippen LogP contribution in [0.4, 0.5) is 5.69 Å². The van der Waals surface area contributed by atoms with Crippen LogP contribution >= 0.6 is 11.6 Å². The second kappa shape index (κ2) is 4.55. The van der Waals surface area contributed by atoms with Gasteiger partial charge in [0, 0.05) is 17.7 Å². The average molecular weight is 248 g/mol. The van der Waals surface area contributed by atoms with Crippen LogP contribution in [0.15, 0.2) is 42.5 Å². The number of nitro groups is 1. The maximum absolute atomic E-state index is 10.7. The monoisotopic (exact) mass is 247 g/mol. The summed E-state index contributed by atoms with van der Waals surface area (Å²) in [5, 5.41) is 11.1. The van der Waals surface area contributed by atoms with Crippen LogP contribution < -0.4 is 0 Å². The van der Waals surface area contributed by atoms with Crippen LogP contribution in [0, 0.1) is 17.0 Å². The maximum Gasteiger partial charge on any atom is 0.271 e. The molecule has 86 valence electrons. The summed E-state index contributed by atoms with van der Waals surface area (Å²) in [4.78, 5) is 10.3. The molecule has 0 heterocycles. The van der Waals surface area contributed by atoms with Crippen molar-refractivity contribution in [3.63, 3.8) is 0 Å². The summed E-state index contributed by atoms with van der Waals surface area (Å²) in [5.74, 6) is 0. The van der Waals surface area contributed by atoms with Crippen molar-refractivity contribution in [3.05, 3.63) is 63.2 Å². The summed E-state index contributed by atoms with van der Waals surface area (Å²) in [6.07, 6.45) is 0. The first-order chi connectivity index (χ1) is 8.09. The van der Waals surface area contributed by atoms with Crippen molar-refractivity contribution < 1.29 is 4.92 Å². The predicted molar refractivity (Wildman–Crippen MR) is 68.3 cm³/mol. The lowest BCUT2D eigenvalue weighted by Crippen LogP contribution is -1.91. The van der Waals surface area contributed by atoms with E-state index in [9.17, 15) is 10.1 Å². The Kier molecular flexibility index (Phi) is 3.11. The zero-order chi connectivity index (χ0) is 12.4. The smallest absolute Gasteiger partial charge is 0.258 e. The number of nitrogens with zero attached hydrogens (tertiary/aromatic N) is 1. The molecule has 0 amide bonds. The summed E-state index contributed by atoms with van der Waals surface area (Å²) in [6.45, 7) is 1.82. The second-order valence-electron chi connectivity index (χ2n) is 3.74. The minimum atomic E-state index is -0.437. The predicted octanol–water partition coefficient (Wildman–Crippen LogP) is 4.22. The Balaban J connectivity index is 2.61. The zero-order valence-electron chi connectivity index (χ0n) is 9.18. The van der Waals surface area contributed by atoms with Gasteiger partial charge in [0.1, 0.15) is 0 Å². The molecular formula is C13H10ClNO2. The number of non-ortho nitro benzene ring substituents is 1. The SMILES string of the molecule is Cc1cc([N+](=O)[O-])cc(Cl)c1-c1ccccc1. The molecule has 0 aliphatic carbocycles. The normalized spacial score (nSPS) is 10.2. The van der Waals surface area contributed by atoms with Gasteiger partial charge in [-0.15, -0.1) is 0 Å². The van der Waals surface area contributed by atoms with Gasteiger partial charge in [0.2, 0.25) is 0 Å². The van der Waals surface area contributed by atoms with Gasteiger partial charge in [-0.25, -0.2) is 0 Å². The van der Waals surface area contributed by atoms with Crippen LogP contribution in [0.3, 0.4) is 0 Å². The number of hydrogen-bond donors (Lipinski definition) is 0. The highest BCUT2D eigenvalue weighted by Gasteiger charge is 2.14. The van der Waals surface area contributed by atoms with Crippen molar-refractivity contribution in [2.24, 2.45) is 0 Å². The Labute approximate surface area is 104 Å². The van der Waals surface area contributed by atoms with Gasteiger partial charge in [0.05, 0.1) is 9.95 Å². The Morgan fingerprint density at radius 1 is 1.18 bits per heavy atom. The number of nitro benzene ring substituents is 1. The summed E-state index contributed by atoms with van der Waals surface area (Å²) < 4.78 is 0. The van der Waals surface area contributed by atoms with Gasteiger partial charge in [0.25, 0.3) is 5.69 Å². The van der Waals surface area contributed by atoms with Crippen LogP contribution in [0.2, 0.25) is 5.02 Å². The molecule has 4 heteroatoms. The molecule has 0 saturated heterocycles. The molecule has 0 radical (unpaired) electrons. The Bertz CT molecular complexity index is 544. The highest BCUT2D eigenvalue weighted by atomic mass is 35.5. The maximum atomic E-state index is 10.7. The van der Waals surface area contributed by atoms with Crippen LogP contribution in [-0.4, -0.2) is 4.92 Å². The van der Waals surface area contributed by atoms with E-state index < -0.39 is 4.92 Å². The molecule has 0 aliphatic rings. The fourth-order valence-electron chi connectivity index (χ4n) is 1.80. The van der Waals surface area contributed by atoms with Crippen molar-refractivity contribution in [3.8, 4) is 11.1 Å². The summed E-state index contributed by atoms with van der Waals surface area (Å²) in [5.41, 5.74) is 2.63. The van der Waals surface area contributed by atoms with Crippen molar-refractivity contribution in [2.45, 2.75) is 6.92 Å². The first kappa shape index (κ1) is 11.6. The first-order valence-electron chi connectivity index (χ1n) is 5.09. The molecule has 2 aromatic carbocycles. The minimum Gasteiger partial charge on any atom is -0.258 e. The molecule has 0 N–H and O–H groups in total. The molecule has 0 spiro atoms. The second-order valence-corrected chi connectivity index (χ2v) is 4.15. The molecule has 0 aromatic heterocycles. The van der Waals surface area contributed by atoms with Gasteiger partial charge in [-0.2, -0.15) is 0 Å². The number of halogens is 1. The fourth-order valence-corrected chi connectivity index (χ4v) is 2.17. The Morgan fingerprint density at radius 3 is 2.35 bits per heavy atom. The number of aryl methyl sites for hydroxylation is 1. The summed E-state index contributed by atoms with van der Waals surface area (Å²) in [6, 6.07) is 12.5. The molecule has 0 unspecified atom stereocenters. The van der Waals surface area contributed by atoms with E-state index in [0.29, 0.717) is 5.02 Å². The van der Waals surface area contributed by atoms with Gasteiger partial charge in [-0.1, -0.05) is 41.9 Å². The van der Waals surface area contributed by atoms with Crippen molar-refractivity contribution in [2.75, 3.05) is 0 Å². The van der Waals surface area contributed by atoms with E-state index in [1.165, 1.54) is 12.1 Å². The third kappa shape index (κ3) is 2.29. The standard InChI is InChI=1S/C13H10ClNO2/c1-9-7-11(15(16)17)8-12(14)13(9)10-5-3-2-4-6-10/h2-8H,1H3. The quantitative estimate of drug-likeness (QED) is 0.589. The van der Waals surface area contributed by atoms with Gasteiger partial charge < -0.3 is 0 Å². The van der Waals surface area contributed by atoms with Crippen molar-refractivity contribution in [1.82, 2.24) is 0 Å². The minimum absolute atomic E-state index is 0.0205. The van der Waals surface area contributed by atoms with E-state index in [1.807, 2.05) is 37.3 Å². The van der Waals surface area contributed by atoms with Gasteiger partial charge in [-0.05, 0) is 18.1 Å². The highest BCUT2D eigenvalue weighted by molar-refractivity contribution is 6.33. The summed E-state index contributed by atoms with van der Waals surface area (Å²) in [7, 11) is 0. The van der Waals surface area contributed by atoms with Gasteiger partial charge in [0.15, 0.2) is 0 Å². The van der Waals surface area contributed by atoms with Crippen molar-refractivity contribution in [1.29, 1.82) is 0 Å². The van der Waals surface area contributed by atoms with Crippen molar-refractivity contribution >= 4 is 17.3 Å². The van der Waals surface area contributed by atoms with E-state index in [-0.39, 0.29) is 5.69 Å². The molecule has 0 saturated carbocycles. The average Bonchev–Trinajstić information content (AvgIpc) is 2.29. The van der Waals surface area contributed by atoms with E-state index in [4.69, 9.17) is 11.6 Å². The summed E-state index contributed by atoms with van der Waals surface area (Å²) >= 11 is 6.11. The van der Waals surface area contributed by atoms with E-state index in [1.54, 1.807) is 0 Å². The lowest BCUT2D eigenvalue weighted by molar-refractivity contribution is -0.384. The van der Waals surface area contributed by atoms with Crippen LogP contribution in [0.5, 0.6) is 0 Å².